The predicted octanol–water partition coefficient (Wildman–Crippen LogP) is 2.64. The SMILES string of the molecule is CCc1nc(CNC2CSCCSC2)cs1. The molecule has 2 nitrogen and oxygen atoms in total. The molecule has 0 spiro atoms. The van der Waals surface area contributed by atoms with E-state index in [9.17, 15) is 0 Å². The Hall–Kier alpha value is 0.290. The van der Waals surface area contributed by atoms with Crippen molar-refractivity contribution in [1.29, 1.82) is 0 Å². The molecule has 1 fully saturated rings. The molecule has 1 aromatic heterocycles. The van der Waals surface area contributed by atoms with Crippen LogP contribution in [0.5, 0.6) is 0 Å². The van der Waals surface area contributed by atoms with Gasteiger partial charge >= 0.3 is 0 Å². The molecule has 2 rings (SSSR count). The maximum atomic E-state index is 4.58. The minimum atomic E-state index is 0.657. The maximum Gasteiger partial charge on any atom is 0.0926 e. The topological polar surface area (TPSA) is 24.9 Å². The molecule has 0 aliphatic carbocycles. The zero-order valence-electron chi connectivity index (χ0n) is 9.57. The molecule has 2 heterocycles. The van der Waals surface area contributed by atoms with Gasteiger partial charge in [0.25, 0.3) is 0 Å². The van der Waals surface area contributed by atoms with E-state index in [1.165, 1.54) is 33.7 Å². The van der Waals surface area contributed by atoms with E-state index in [1.54, 1.807) is 11.3 Å². The fourth-order valence-corrected chi connectivity index (χ4v) is 4.79. The number of aryl methyl sites for hydroxylation is 1. The average Bonchev–Trinajstić information content (AvgIpc) is 2.61. The van der Waals surface area contributed by atoms with Gasteiger partial charge in [0.2, 0.25) is 0 Å². The van der Waals surface area contributed by atoms with Crippen LogP contribution < -0.4 is 5.32 Å². The van der Waals surface area contributed by atoms with Crippen LogP contribution in [-0.4, -0.2) is 34.0 Å². The summed E-state index contributed by atoms with van der Waals surface area (Å²) in [5.41, 5.74) is 1.21. The molecule has 0 amide bonds. The summed E-state index contributed by atoms with van der Waals surface area (Å²) in [5, 5.41) is 7.05. The van der Waals surface area contributed by atoms with Crippen LogP contribution in [0.25, 0.3) is 0 Å². The van der Waals surface area contributed by atoms with Crippen LogP contribution in [0.2, 0.25) is 0 Å². The number of thiazole rings is 1. The molecule has 0 saturated carbocycles. The van der Waals surface area contributed by atoms with Gasteiger partial charge in [-0.25, -0.2) is 4.98 Å². The molecule has 1 aromatic rings. The highest BCUT2D eigenvalue weighted by Gasteiger charge is 2.12. The number of nitrogens with one attached hydrogen (secondary N) is 1. The number of aromatic nitrogens is 1. The molecule has 5 heteroatoms. The molecule has 1 saturated heterocycles. The average molecular weight is 274 g/mol. The van der Waals surface area contributed by atoms with Crippen LogP contribution in [0.1, 0.15) is 17.6 Å². The van der Waals surface area contributed by atoms with Gasteiger partial charge in [-0.15, -0.1) is 11.3 Å². The Morgan fingerprint density at radius 1 is 1.38 bits per heavy atom. The molecule has 1 N–H and O–H groups in total. The first-order valence-corrected chi connectivity index (χ1v) is 8.89. The van der Waals surface area contributed by atoms with E-state index < -0.39 is 0 Å². The van der Waals surface area contributed by atoms with Gasteiger partial charge in [0.1, 0.15) is 0 Å². The van der Waals surface area contributed by atoms with Crippen LogP contribution >= 0.6 is 34.9 Å². The predicted molar refractivity (Wildman–Crippen MR) is 76.8 cm³/mol. The quantitative estimate of drug-likeness (QED) is 0.912. The number of hydrogen-bond acceptors (Lipinski definition) is 5. The van der Waals surface area contributed by atoms with Gasteiger partial charge in [-0.05, 0) is 6.42 Å². The van der Waals surface area contributed by atoms with Gasteiger partial charge in [0, 0.05) is 41.0 Å². The van der Waals surface area contributed by atoms with Gasteiger partial charge in [-0.3, -0.25) is 0 Å². The van der Waals surface area contributed by atoms with Crippen molar-refractivity contribution in [2.75, 3.05) is 23.0 Å². The second kappa shape index (κ2) is 6.89. The van der Waals surface area contributed by atoms with Gasteiger partial charge in [-0.2, -0.15) is 23.5 Å². The van der Waals surface area contributed by atoms with Crippen molar-refractivity contribution in [1.82, 2.24) is 10.3 Å². The molecule has 16 heavy (non-hydrogen) atoms. The number of rotatable bonds is 4. The lowest BCUT2D eigenvalue weighted by Crippen LogP contribution is -2.32. The van der Waals surface area contributed by atoms with Crippen molar-refractivity contribution in [3.63, 3.8) is 0 Å². The molecule has 1 aliphatic rings. The fourth-order valence-electron chi connectivity index (χ4n) is 1.58. The van der Waals surface area contributed by atoms with Crippen molar-refractivity contribution in [2.45, 2.75) is 25.9 Å². The normalized spacial score (nSPS) is 18.6. The smallest absolute Gasteiger partial charge is 0.0926 e. The van der Waals surface area contributed by atoms with Crippen LogP contribution in [0.3, 0.4) is 0 Å². The van der Waals surface area contributed by atoms with Crippen molar-refractivity contribution in [2.24, 2.45) is 0 Å². The Morgan fingerprint density at radius 3 is 2.75 bits per heavy atom. The number of nitrogens with zero attached hydrogens (tertiary/aromatic N) is 1. The molecule has 1 aliphatic heterocycles. The Balaban J connectivity index is 1.77. The second-order valence-corrected chi connectivity index (χ2v) is 7.06. The summed E-state index contributed by atoms with van der Waals surface area (Å²) in [7, 11) is 0. The Kier molecular flexibility index (Phi) is 5.48. The largest absolute Gasteiger partial charge is 0.307 e. The van der Waals surface area contributed by atoms with E-state index in [2.05, 4.69) is 46.1 Å². The van der Waals surface area contributed by atoms with Crippen LogP contribution in [0.15, 0.2) is 5.38 Å². The highest BCUT2D eigenvalue weighted by atomic mass is 32.2. The molecule has 0 aromatic carbocycles. The summed E-state index contributed by atoms with van der Waals surface area (Å²) in [4.78, 5) is 4.58. The summed E-state index contributed by atoms with van der Waals surface area (Å²) >= 11 is 5.91. The lowest BCUT2D eigenvalue weighted by atomic mass is 10.3. The summed E-state index contributed by atoms with van der Waals surface area (Å²) in [6, 6.07) is 0.657. The maximum absolute atomic E-state index is 4.58. The first-order chi connectivity index (χ1) is 7.88. The van der Waals surface area contributed by atoms with E-state index in [4.69, 9.17) is 0 Å². The highest BCUT2D eigenvalue weighted by Crippen LogP contribution is 2.17. The monoisotopic (exact) mass is 274 g/mol. The third-order valence-electron chi connectivity index (χ3n) is 2.48. The third-order valence-corrected chi connectivity index (χ3v) is 6.05. The van der Waals surface area contributed by atoms with Crippen molar-refractivity contribution in [3.05, 3.63) is 16.1 Å². The van der Waals surface area contributed by atoms with E-state index >= 15 is 0 Å². The van der Waals surface area contributed by atoms with Gasteiger partial charge < -0.3 is 5.32 Å². The second-order valence-electron chi connectivity index (χ2n) is 3.81. The van der Waals surface area contributed by atoms with Crippen LogP contribution in [0.4, 0.5) is 0 Å². The van der Waals surface area contributed by atoms with E-state index in [0.717, 1.165) is 13.0 Å². The van der Waals surface area contributed by atoms with Crippen molar-refractivity contribution in [3.8, 4) is 0 Å². The van der Waals surface area contributed by atoms with Gasteiger partial charge in [0.05, 0.1) is 10.7 Å². The summed E-state index contributed by atoms with van der Waals surface area (Å²) in [5.74, 6) is 5.11. The molecule has 90 valence electrons. The summed E-state index contributed by atoms with van der Waals surface area (Å²) in [6.07, 6.45) is 1.06. The first kappa shape index (κ1) is 12.7. The van der Waals surface area contributed by atoms with E-state index in [-0.39, 0.29) is 0 Å². The lowest BCUT2D eigenvalue weighted by molar-refractivity contribution is 0.597. The minimum absolute atomic E-state index is 0.657. The van der Waals surface area contributed by atoms with Crippen LogP contribution in [-0.2, 0) is 13.0 Å². The summed E-state index contributed by atoms with van der Waals surface area (Å²) in [6.45, 7) is 3.09. The Morgan fingerprint density at radius 2 is 2.12 bits per heavy atom. The number of thioether (sulfide) groups is 2. The molecule has 0 unspecified atom stereocenters. The third kappa shape index (κ3) is 3.95. The molecular weight excluding hydrogens is 256 g/mol. The summed E-state index contributed by atoms with van der Waals surface area (Å²) < 4.78 is 0. The Bertz CT molecular complexity index is 306. The van der Waals surface area contributed by atoms with E-state index in [0.29, 0.717) is 6.04 Å². The minimum Gasteiger partial charge on any atom is -0.307 e. The van der Waals surface area contributed by atoms with Crippen LogP contribution in [0, 0.1) is 0 Å². The van der Waals surface area contributed by atoms with Crippen molar-refractivity contribution < 1.29 is 0 Å². The lowest BCUT2D eigenvalue weighted by Gasteiger charge is -2.14. The zero-order chi connectivity index (χ0) is 11.2. The molecular formula is C11H18N2S3. The zero-order valence-corrected chi connectivity index (χ0v) is 12.0. The Labute approximate surface area is 110 Å². The fraction of sp³-hybridized carbons (Fsp3) is 0.727. The first-order valence-electron chi connectivity index (χ1n) is 5.70. The molecule has 0 bridgehead atoms. The van der Waals surface area contributed by atoms with E-state index in [1.807, 2.05) is 0 Å². The number of hydrogen-bond donors (Lipinski definition) is 1. The van der Waals surface area contributed by atoms with Crippen molar-refractivity contribution >= 4 is 34.9 Å². The highest BCUT2D eigenvalue weighted by molar-refractivity contribution is 8.03. The molecule has 0 radical (unpaired) electrons. The van der Waals surface area contributed by atoms with Gasteiger partial charge in [-0.1, -0.05) is 6.92 Å². The molecule has 0 atom stereocenters. The van der Waals surface area contributed by atoms with Gasteiger partial charge in [0.15, 0.2) is 0 Å². The standard InChI is InChI=1S/C11H18N2S3/c1-2-11-13-9(8-16-11)5-12-10-6-14-3-4-15-7-10/h8,10,12H,2-7H2,1H3.